The highest BCUT2D eigenvalue weighted by molar-refractivity contribution is 14.0. The Balaban J connectivity index is 0.00000312. The fourth-order valence-electron chi connectivity index (χ4n) is 2.56. The zero-order valence-electron chi connectivity index (χ0n) is 14.0. The van der Waals surface area contributed by atoms with Gasteiger partial charge in [0.05, 0.1) is 13.0 Å². The number of alkyl halides is 3. The van der Waals surface area contributed by atoms with Gasteiger partial charge in [-0.3, -0.25) is 4.99 Å². The van der Waals surface area contributed by atoms with Crippen molar-refractivity contribution >= 4 is 47.2 Å². The molecule has 25 heavy (non-hydrogen) atoms. The fraction of sp³-hybridized carbons (Fsp3) is 0.562. The molecule has 1 aliphatic rings. The summed E-state index contributed by atoms with van der Waals surface area (Å²) in [6.07, 6.45) is -5.07. The smallest absolute Gasteiger partial charge is 0.368 e. The molecule has 1 fully saturated rings. The quantitative estimate of drug-likeness (QED) is 0.393. The summed E-state index contributed by atoms with van der Waals surface area (Å²) >= 11 is 6.02. The predicted molar refractivity (Wildman–Crippen MR) is 107 cm³/mol. The van der Waals surface area contributed by atoms with Gasteiger partial charge < -0.3 is 15.1 Å². The van der Waals surface area contributed by atoms with E-state index in [2.05, 4.69) is 15.2 Å². The minimum Gasteiger partial charge on any atom is -0.368 e. The molecule has 2 rings (SSSR count). The van der Waals surface area contributed by atoms with Crippen LogP contribution in [0.1, 0.15) is 13.3 Å². The van der Waals surface area contributed by atoms with Crippen molar-refractivity contribution in [2.75, 3.05) is 44.2 Å². The van der Waals surface area contributed by atoms with E-state index in [1.165, 1.54) is 0 Å². The van der Waals surface area contributed by atoms with Crippen molar-refractivity contribution in [3.05, 3.63) is 29.3 Å². The van der Waals surface area contributed by atoms with E-state index < -0.39 is 12.6 Å². The lowest BCUT2D eigenvalue weighted by molar-refractivity contribution is -0.132. The van der Waals surface area contributed by atoms with E-state index >= 15 is 0 Å². The highest BCUT2D eigenvalue weighted by atomic mass is 127. The summed E-state index contributed by atoms with van der Waals surface area (Å²) in [5.74, 6) is 0.549. The second-order valence-electron chi connectivity index (χ2n) is 5.55. The first-order chi connectivity index (χ1) is 11.4. The molecule has 0 aromatic heterocycles. The molecule has 0 atom stereocenters. The first-order valence-corrected chi connectivity index (χ1v) is 8.37. The summed E-state index contributed by atoms with van der Waals surface area (Å²) in [5, 5.41) is 3.76. The van der Waals surface area contributed by atoms with E-state index in [-0.39, 0.29) is 30.5 Å². The molecule has 142 valence electrons. The Bertz CT molecular complexity index is 561. The van der Waals surface area contributed by atoms with E-state index in [0.29, 0.717) is 30.6 Å². The number of rotatable bonds is 4. The maximum Gasteiger partial charge on any atom is 0.390 e. The molecule has 0 aliphatic carbocycles. The Morgan fingerprint density at radius 3 is 2.48 bits per heavy atom. The van der Waals surface area contributed by atoms with Gasteiger partial charge in [-0.05, 0) is 25.1 Å². The summed E-state index contributed by atoms with van der Waals surface area (Å²) in [7, 11) is 0. The van der Waals surface area contributed by atoms with Gasteiger partial charge in [0.2, 0.25) is 0 Å². The van der Waals surface area contributed by atoms with Crippen LogP contribution in [0, 0.1) is 0 Å². The van der Waals surface area contributed by atoms with Gasteiger partial charge in [-0.2, -0.15) is 13.2 Å². The van der Waals surface area contributed by atoms with Gasteiger partial charge in [0.25, 0.3) is 0 Å². The van der Waals surface area contributed by atoms with Crippen molar-refractivity contribution < 1.29 is 13.2 Å². The first-order valence-electron chi connectivity index (χ1n) is 7.99. The van der Waals surface area contributed by atoms with Crippen LogP contribution in [0.3, 0.4) is 0 Å². The molecule has 1 heterocycles. The minimum atomic E-state index is -4.17. The Morgan fingerprint density at radius 1 is 1.24 bits per heavy atom. The number of hydrogen-bond acceptors (Lipinski definition) is 2. The summed E-state index contributed by atoms with van der Waals surface area (Å²) in [6.45, 7) is 5.21. The molecule has 0 saturated carbocycles. The van der Waals surface area contributed by atoms with Gasteiger partial charge in [0, 0.05) is 43.4 Å². The molecular formula is C16H23ClF3IN4. The molecular weight excluding hydrogens is 468 g/mol. The molecule has 1 aromatic carbocycles. The predicted octanol–water partition coefficient (Wildman–Crippen LogP) is 4.00. The molecule has 1 aromatic rings. The summed E-state index contributed by atoms with van der Waals surface area (Å²) < 4.78 is 36.9. The molecule has 9 heteroatoms. The van der Waals surface area contributed by atoms with Crippen molar-refractivity contribution in [3.63, 3.8) is 0 Å². The van der Waals surface area contributed by atoms with Gasteiger partial charge in [-0.25, -0.2) is 0 Å². The zero-order valence-corrected chi connectivity index (χ0v) is 17.1. The fourth-order valence-corrected chi connectivity index (χ4v) is 2.75. The van der Waals surface area contributed by atoms with Gasteiger partial charge in [0.15, 0.2) is 5.96 Å². The molecule has 1 N–H and O–H groups in total. The average molecular weight is 491 g/mol. The molecule has 0 radical (unpaired) electrons. The maximum atomic E-state index is 12.3. The lowest BCUT2D eigenvalue weighted by Gasteiger charge is -2.37. The molecule has 4 nitrogen and oxygen atoms in total. The lowest BCUT2D eigenvalue weighted by Crippen LogP contribution is -2.52. The van der Waals surface area contributed by atoms with Crippen molar-refractivity contribution in [2.24, 2.45) is 4.99 Å². The Hall–Kier alpha value is -0.900. The Morgan fingerprint density at radius 2 is 1.92 bits per heavy atom. The van der Waals surface area contributed by atoms with E-state index in [1.54, 1.807) is 0 Å². The SMILES string of the molecule is CCNC(=NCCC(F)(F)F)N1CCN(c2cccc(Cl)c2)CC1.I. The van der Waals surface area contributed by atoms with Crippen molar-refractivity contribution in [1.29, 1.82) is 0 Å². The standard InChI is InChI=1S/C16H22ClF3N4.HI/c1-2-21-15(22-7-6-16(18,19)20)24-10-8-23(9-11-24)14-5-3-4-13(17)12-14;/h3-5,12H,2,6-11H2,1H3,(H,21,22);1H. The molecule has 1 saturated heterocycles. The second kappa shape index (κ2) is 10.3. The van der Waals surface area contributed by atoms with E-state index in [1.807, 2.05) is 36.1 Å². The monoisotopic (exact) mass is 490 g/mol. The van der Waals surface area contributed by atoms with Crippen LogP contribution in [0.2, 0.25) is 5.02 Å². The van der Waals surface area contributed by atoms with Gasteiger partial charge in [-0.15, -0.1) is 24.0 Å². The number of nitrogens with one attached hydrogen (secondary N) is 1. The lowest BCUT2D eigenvalue weighted by atomic mass is 10.2. The number of guanidine groups is 1. The molecule has 0 bridgehead atoms. The molecule has 0 amide bonds. The summed E-state index contributed by atoms with van der Waals surface area (Å²) in [6, 6.07) is 7.66. The third-order valence-corrected chi connectivity index (χ3v) is 3.98. The van der Waals surface area contributed by atoms with Gasteiger partial charge in [0.1, 0.15) is 0 Å². The number of halogens is 5. The number of hydrogen-bond donors (Lipinski definition) is 1. The second-order valence-corrected chi connectivity index (χ2v) is 5.99. The van der Waals surface area contributed by atoms with Crippen LogP contribution >= 0.6 is 35.6 Å². The number of anilines is 1. The van der Waals surface area contributed by atoms with Crippen molar-refractivity contribution in [2.45, 2.75) is 19.5 Å². The zero-order chi connectivity index (χ0) is 17.6. The van der Waals surface area contributed by atoms with E-state index in [4.69, 9.17) is 11.6 Å². The number of benzene rings is 1. The van der Waals surface area contributed by atoms with Crippen molar-refractivity contribution in [3.8, 4) is 0 Å². The number of piperazine rings is 1. The van der Waals surface area contributed by atoms with Crippen LogP contribution in [0.25, 0.3) is 0 Å². The largest absolute Gasteiger partial charge is 0.390 e. The van der Waals surface area contributed by atoms with Crippen LogP contribution in [-0.2, 0) is 0 Å². The van der Waals surface area contributed by atoms with Crippen LogP contribution < -0.4 is 10.2 Å². The average Bonchev–Trinajstić information content (AvgIpc) is 2.53. The van der Waals surface area contributed by atoms with Crippen LogP contribution in [0.5, 0.6) is 0 Å². The number of aliphatic imine (C=N–C) groups is 1. The highest BCUT2D eigenvalue weighted by Gasteiger charge is 2.26. The van der Waals surface area contributed by atoms with Crippen LogP contribution in [0.4, 0.5) is 18.9 Å². The number of nitrogens with zero attached hydrogens (tertiary/aromatic N) is 3. The third-order valence-electron chi connectivity index (χ3n) is 3.74. The molecule has 1 aliphatic heterocycles. The van der Waals surface area contributed by atoms with Crippen LogP contribution in [-0.4, -0.2) is 56.3 Å². The normalized spacial score (nSPS) is 15.8. The van der Waals surface area contributed by atoms with E-state index in [9.17, 15) is 13.2 Å². The van der Waals surface area contributed by atoms with E-state index in [0.717, 1.165) is 18.8 Å². The Labute approximate surface area is 168 Å². The van der Waals surface area contributed by atoms with Gasteiger partial charge >= 0.3 is 6.18 Å². The Kier molecular flexibility index (Phi) is 9.12. The topological polar surface area (TPSA) is 30.9 Å². The van der Waals surface area contributed by atoms with Gasteiger partial charge in [-0.1, -0.05) is 17.7 Å². The maximum absolute atomic E-state index is 12.3. The minimum absolute atomic E-state index is 0. The van der Waals surface area contributed by atoms with Crippen LogP contribution in [0.15, 0.2) is 29.3 Å². The molecule has 0 spiro atoms. The highest BCUT2D eigenvalue weighted by Crippen LogP contribution is 2.21. The summed E-state index contributed by atoms with van der Waals surface area (Å²) in [4.78, 5) is 8.32. The third kappa shape index (κ3) is 7.47. The summed E-state index contributed by atoms with van der Waals surface area (Å²) in [5.41, 5.74) is 1.06. The van der Waals surface area contributed by atoms with Crippen molar-refractivity contribution in [1.82, 2.24) is 10.2 Å². The molecule has 0 unspecified atom stereocenters. The first kappa shape index (κ1) is 22.1.